The van der Waals surface area contributed by atoms with E-state index in [0.29, 0.717) is 11.6 Å². The van der Waals surface area contributed by atoms with Gasteiger partial charge in [-0.1, -0.05) is 0 Å². The van der Waals surface area contributed by atoms with Crippen LogP contribution < -0.4 is 5.32 Å². The molecule has 2 aliphatic rings. The lowest BCUT2D eigenvalue weighted by molar-refractivity contribution is 0.0923. The summed E-state index contributed by atoms with van der Waals surface area (Å²) in [4.78, 5) is 12.6. The first-order valence-electron chi connectivity index (χ1n) is 7.99. The van der Waals surface area contributed by atoms with Gasteiger partial charge in [0, 0.05) is 31.3 Å². The molecule has 4 rings (SSSR count). The molecular weight excluding hydrogens is 278 g/mol. The molecule has 1 fully saturated rings. The minimum atomic E-state index is -0.0383. The first kappa shape index (κ1) is 13.5. The van der Waals surface area contributed by atoms with Gasteiger partial charge in [0.25, 0.3) is 5.91 Å². The highest BCUT2D eigenvalue weighted by Crippen LogP contribution is 2.39. The standard InChI is InChI=1S/C16H21N5O/c1-20-14-5-3-4-12(11(14)9-17-20)18-16(22)15-8-13(10-6-7-10)19-21(15)2/h8-10,12H,3-7H2,1-2H3,(H,18,22)/t12-/m1/s1. The van der Waals surface area contributed by atoms with Crippen LogP contribution in [0, 0.1) is 0 Å². The van der Waals surface area contributed by atoms with Crippen LogP contribution in [0.15, 0.2) is 12.3 Å². The minimum Gasteiger partial charge on any atom is -0.344 e. The molecule has 0 radical (unpaired) electrons. The Morgan fingerprint density at radius 2 is 2.09 bits per heavy atom. The number of nitrogens with one attached hydrogen (secondary N) is 1. The molecule has 2 aromatic rings. The fraction of sp³-hybridized carbons (Fsp3) is 0.562. The molecule has 0 bridgehead atoms. The van der Waals surface area contributed by atoms with Crippen molar-refractivity contribution >= 4 is 5.91 Å². The van der Waals surface area contributed by atoms with Crippen molar-refractivity contribution in [2.75, 3.05) is 0 Å². The number of aryl methyl sites for hydroxylation is 2. The predicted octanol–water partition coefficient (Wildman–Crippen LogP) is 1.84. The number of nitrogens with zero attached hydrogens (tertiary/aromatic N) is 4. The Kier molecular flexibility index (Phi) is 3.06. The molecule has 1 amide bonds. The lowest BCUT2D eigenvalue weighted by Crippen LogP contribution is -2.32. The molecule has 2 aliphatic carbocycles. The second-order valence-electron chi connectivity index (χ2n) is 6.44. The van der Waals surface area contributed by atoms with Gasteiger partial charge in [0.05, 0.1) is 17.9 Å². The highest BCUT2D eigenvalue weighted by molar-refractivity contribution is 5.93. The van der Waals surface area contributed by atoms with E-state index in [1.54, 1.807) is 4.68 Å². The van der Waals surface area contributed by atoms with Crippen molar-refractivity contribution < 1.29 is 4.79 Å². The molecule has 0 aliphatic heterocycles. The number of hydrogen-bond donors (Lipinski definition) is 1. The Balaban J connectivity index is 1.55. The molecule has 0 unspecified atom stereocenters. The molecule has 1 atom stereocenters. The van der Waals surface area contributed by atoms with Crippen LogP contribution in [0.3, 0.4) is 0 Å². The van der Waals surface area contributed by atoms with E-state index in [4.69, 9.17) is 0 Å². The van der Waals surface area contributed by atoms with E-state index in [1.807, 2.05) is 31.0 Å². The van der Waals surface area contributed by atoms with Crippen LogP contribution in [0.25, 0.3) is 0 Å². The van der Waals surface area contributed by atoms with Crippen LogP contribution in [0.1, 0.15) is 65.1 Å². The zero-order valence-corrected chi connectivity index (χ0v) is 13.0. The number of carbonyl (C=O) groups excluding carboxylic acids is 1. The van der Waals surface area contributed by atoms with E-state index in [1.165, 1.54) is 18.5 Å². The summed E-state index contributed by atoms with van der Waals surface area (Å²) in [7, 11) is 3.81. The van der Waals surface area contributed by atoms with Crippen LogP contribution in [0.5, 0.6) is 0 Å². The van der Waals surface area contributed by atoms with E-state index in [9.17, 15) is 4.79 Å². The molecule has 22 heavy (non-hydrogen) atoms. The van der Waals surface area contributed by atoms with E-state index in [0.717, 1.165) is 30.5 Å². The third kappa shape index (κ3) is 2.23. The maximum Gasteiger partial charge on any atom is 0.270 e. The molecule has 2 heterocycles. The summed E-state index contributed by atoms with van der Waals surface area (Å²) >= 11 is 0. The van der Waals surface area contributed by atoms with Gasteiger partial charge in [-0.2, -0.15) is 10.2 Å². The van der Waals surface area contributed by atoms with Crippen molar-refractivity contribution in [3.05, 3.63) is 34.9 Å². The maximum atomic E-state index is 12.6. The van der Waals surface area contributed by atoms with E-state index >= 15 is 0 Å². The fourth-order valence-electron chi connectivity index (χ4n) is 3.37. The Morgan fingerprint density at radius 1 is 1.27 bits per heavy atom. The van der Waals surface area contributed by atoms with Crippen molar-refractivity contribution in [3.63, 3.8) is 0 Å². The number of amides is 1. The number of carbonyl (C=O) groups is 1. The lowest BCUT2D eigenvalue weighted by atomic mass is 9.93. The monoisotopic (exact) mass is 299 g/mol. The third-order valence-electron chi connectivity index (χ3n) is 4.81. The maximum absolute atomic E-state index is 12.6. The summed E-state index contributed by atoms with van der Waals surface area (Å²) in [6, 6.07) is 2.00. The molecule has 6 nitrogen and oxygen atoms in total. The lowest BCUT2D eigenvalue weighted by Gasteiger charge is -2.23. The quantitative estimate of drug-likeness (QED) is 0.940. The Labute approximate surface area is 129 Å². The molecule has 6 heteroatoms. The molecule has 116 valence electrons. The van der Waals surface area contributed by atoms with Gasteiger partial charge < -0.3 is 5.32 Å². The Morgan fingerprint density at radius 3 is 2.86 bits per heavy atom. The van der Waals surface area contributed by atoms with Gasteiger partial charge in [-0.05, 0) is 38.2 Å². The van der Waals surface area contributed by atoms with E-state index in [-0.39, 0.29) is 11.9 Å². The number of rotatable bonds is 3. The van der Waals surface area contributed by atoms with Gasteiger partial charge in [-0.3, -0.25) is 14.2 Å². The molecule has 0 aromatic carbocycles. The minimum absolute atomic E-state index is 0.0383. The smallest absolute Gasteiger partial charge is 0.270 e. The second kappa shape index (κ2) is 4.97. The normalized spacial score (nSPS) is 20.7. The number of aromatic nitrogens is 4. The van der Waals surface area contributed by atoms with E-state index < -0.39 is 0 Å². The van der Waals surface area contributed by atoms with Gasteiger partial charge in [0.1, 0.15) is 5.69 Å². The summed E-state index contributed by atoms with van der Waals surface area (Å²) < 4.78 is 3.62. The molecule has 1 saturated carbocycles. The largest absolute Gasteiger partial charge is 0.344 e. The van der Waals surface area contributed by atoms with Crippen LogP contribution >= 0.6 is 0 Å². The first-order chi connectivity index (χ1) is 10.6. The molecular formula is C16H21N5O. The number of fused-ring (bicyclic) bond motifs is 1. The zero-order valence-electron chi connectivity index (χ0n) is 13.0. The Hall–Kier alpha value is -2.11. The van der Waals surface area contributed by atoms with Gasteiger partial charge in [0.2, 0.25) is 0 Å². The SMILES string of the molecule is Cn1nc(C2CC2)cc1C(=O)N[C@@H]1CCCc2c1cnn2C. The van der Waals surface area contributed by atoms with Crippen LogP contribution in [-0.4, -0.2) is 25.5 Å². The topological polar surface area (TPSA) is 64.7 Å². The summed E-state index contributed by atoms with van der Waals surface area (Å²) in [5.41, 5.74) is 4.10. The molecule has 1 N–H and O–H groups in total. The van der Waals surface area contributed by atoms with Gasteiger partial charge >= 0.3 is 0 Å². The fourth-order valence-corrected chi connectivity index (χ4v) is 3.37. The molecule has 0 saturated heterocycles. The van der Waals surface area contributed by atoms with Gasteiger partial charge in [-0.25, -0.2) is 0 Å². The summed E-state index contributed by atoms with van der Waals surface area (Å²) in [5, 5.41) is 12.0. The molecule has 2 aromatic heterocycles. The van der Waals surface area contributed by atoms with Crippen molar-refractivity contribution in [2.24, 2.45) is 14.1 Å². The van der Waals surface area contributed by atoms with Crippen LogP contribution in [-0.2, 0) is 20.5 Å². The van der Waals surface area contributed by atoms with Crippen molar-refractivity contribution in [1.29, 1.82) is 0 Å². The zero-order chi connectivity index (χ0) is 15.3. The highest BCUT2D eigenvalue weighted by atomic mass is 16.2. The third-order valence-corrected chi connectivity index (χ3v) is 4.81. The average Bonchev–Trinajstić information content (AvgIpc) is 3.18. The predicted molar refractivity (Wildman–Crippen MR) is 81.5 cm³/mol. The Bertz CT molecular complexity index is 725. The summed E-state index contributed by atoms with van der Waals surface area (Å²) in [5.74, 6) is 0.524. The van der Waals surface area contributed by atoms with Crippen molar-refractivity contribution in [3.8, 4) is 0 Å². The van der Waals surface area contributed by atoms with Crippen molar-refractivity contribution in [2.45, 2.75) is 44.1 Å². The second-order valence-corrected chi connectivity index (χ2v) is 6.44. The highest BCUT2D eigenvalue weighted by Gasteiger charge is 2.29. The van der Waals surface area contributed by atoms with Gasteiger partial charge in [0.15, 0.2) is 0 Å². The first-order valence-corrected chi connectivity index (χ1v) is 7.99. The van der Waals surface area contributed by atoms with Crippen LogP contribution in [0.2, 0.25) is 0 Å². The van der Waals surface area contributed by atoms with Gasteiger partial charge in [-0.15, -0.1) is 0 Å². The molecule has 0 spiro atoms. The number of hydrogen-bond acceptors (Lipinski definition) is 3. The summed E-state index contributed by atoms with van der Waals surface area (Å²) in [6.07, 6.45) is 7.36. The average molecular weight is 299 g/mol. The van der Waals surface area contributed by atoms with Crippen molar-refractivity contribution in [1.82, 2.24) is 24.9 Å². The van der Waals surface area contributed by atoms with E-state index in [2.05, 4.69) is 15.5 Å². The summed E-state index contributed by atoms with van der Waals surface area (Å²) in [6.45, 7) is 0. The van der Waals surface area contributed by atoms with Crippen LogP contribution in [0.4, 0.5) is 0 Å².